The Morgan fingerprint density at radius 2 is 2.04 bits per heavy atom. The number of nitrogens with zero attached hydrogens (tertiary/aromatic N) is 2. The zero-order chi connectivity index (χ0) is 18.7. The van der Waals surface area contributed by atoms with E-state index in [9.17, 15) is 13.2 Å². The maximum Gasteiger partial charge on any atom is 0.322 e. The molecule has 2 heterocycles. The highest BCUT2D eigenvalue weighted by Crippen LogP contribution is 2.25. The number of carbonyl (C=O) groups excluding carboxylic acids is 1. The minimum atomic E-state index is -3.43. The van der Waals surface area contributed by atoms with Gasteiger partial charge in [-0.3, -0.25) is 10.1 Å². The van der Waals surface area contributed by atoms with Crippen LogP contribution in [0.5, 0.6) is 0 Å². The molecule has 26 heavy (non-hydrogen) atoms. The Kier molecular flexibility index (Phi) is 4.94. The SMILES string of the molecule is CC(C)S(=O)(=O)c1cccc(-c2nnc(NC(=O)C3=COCCO3)o2)c1. The molecule has 0 aliphatic carbocycles. The van der Waals surface area contributed by atoms with Crippen LogP contribution in [0.1, 0.15) is 13.8 Å². The van der Waals surface area contributed by atoms with Crippen LogP contribution >= 0.6 is 0 Å². The zero-order valence-corrected chi connectivity index (χ0v) is 14.9. The van der Waals surface area contributed by atoms with Gasteiger partial charge in [-0.15, -0.1) is 5.10 Å². The smallest absolute Gasteiger partial charge is 0.322 e. The number of benzene rings is 1. The van der Waals surface area contributed by atoms with Crippen LogP contribution < -0.4 is 5.32 Å². The van der Waals surface area contributed by atoms with E-state index in [2.05, 4.69) is 15.5 Å². The fraction of sp³-hybridized carbons (Fsp3) is 0.312. The molecule has 0 radical (unpaired) electrons. The Bertz CT molecular complexity index is 948. The number of rotatable bonds is 5. The van der Waals surface area contributed by atoms with Crippen molar-refractivity contribution < 1.29 is 27.1 Å². The molecule has 0 bridgehead atoms. The van der Waals surface area contributed by atoms with Crippen LogP contribution in [0.4, 0.5) is 6.01 Å². The first-order chi connectivity index (χ1) is 12.4. The molecular weight excluding hydrogens is 362 g/mol. The topological polar surface area (TPSA) is 121 Å². The number of aromatic nitrogens is 2. The highest BCUT2D eigenvalue weighted by Gasteiger charge is 2.21. The number of nitrogens with one attached hydrogen (secondary N) is 1. The molecule has 10 heteroatoms. The van der Waals surface area contributed by atoms with Gasteiger partial charge in [-0.25, -0.2) is 8.42 Å². The standard InChI is InChI=1S/C16H17N3O6S/c1-10(2)26(21,22)12-5-3-4-11(8-12)15-18-19-16(25-15)17-14(20)13-9-23-6-7-24-13/h3-5,8-10H,6-7H2,1-2H3,(H,17,19,20). The van der Waals surface area contributed by atoms with Crippen LogP contribution in [0.15, 0.2) is 45.6 Å². The molecule has 1 aliphatic heterocycles. The molecule has 2 aromatic rings. The fourth-order valence-electron chi connectivity index (χ4n) is 2.11. The number of anilines is 1. The van der Waals surface area contributed by atoms with E-state index in [1.54, 1.807) is 26.0 Å². The summed E-state index contributed by atoms with van der Waals surface area (Å²) in [5.74, 6) is -0.507. The lowest BCUT2D eigenvalue weighted by Gasteiger charge is -2.13. The van der Waals surface area contributed by atoms with Gasteiger partial charge in [-0.2, -0.15) is 0 Å². The third kappa shape index (κ3) is 3.69. The second-order valence-electron chi connectivity index (χ2n) is 5.69. The first-order valence-electron chi connectivity index (χ1n) is 7.81. The predicted octanol–water partition coefficient (Wildman–Crippen LogP) is 1.75. The number of sulfone groups is 1. The molecule has 138 valence electrons. The zero-order valence-electron chi connectivity index (χ0n) is 14.1. The van der Waals surface area contributed by atoms with Gasteiger partial charge < -0.3 is 13.9 Å². The molecule has 3 rings (SSSR count). The lowest BCUT2D eigenvalue weighted by atomic mass is 10.2. The van der Waals surface area contributed by atoms with Crippen molar-refractivity contribution in [1.29, 1.82) is 0 Å². The summed E-state index contributed by atoms with van der Waals surface area (Å²) < 4.78 is 40.1. The van der Waals surface area contributed by atoms with E-state index in [4.69, 9.17) is 13.9 Å². The molecule has 1 N–H and O–H groups in total. The van der Waals surface area contributed by atoms with E-state index in [1.807, 2.05) is 0 Å². The van der Waals surface area contributed by atoms with E-state index in [-0.39, 0.29) is 29.2 Å². The van der Waals surface area contributed by atoms with Crippen LogP contribution in [-0.4, -0.2) is 43.0 Å². The summed E-state index contributed by atoms with van der Waals surface area (Å²) in [6.45, 7) is 3.85. The molecule has 9 nitrogen and oxygen atoms in total. The minimum absolute atomic E-state index is 0.000948. The third-order valence-corrected chi connectivity index (χ3v) is 5.70. The monoisotopic (exact) mass is 379 g/mol. The van der Waals surface area contributed by atoms with Crippen molar-refractivity contribution >= 4 is 21.8 Å². The summed E-state index contributed by atoms with van der Waals surface area (Å²) in [6.07, 6.45) is 1.20. The number of ether oxygens (including phenoxy) is 2. The summed E-state index contributed by atoms with van der Waals surface area (Å²) in [5.41, 5.74) is 0.427. The third-order valence-electron chi connectivity index (χ3n) is 3.55. The molecule has 1 aliphatic rings. The summed E-state index contributed by atoms with van der Waals surface area (Å²) >= 11 is 0. The lowest BCUT2D eigenvalue weighted by molar-refractivity contribution is -0.117. The van der Waals surface area contributed by atoms with Gasteiger partial charge in [-0.05, 0) is 32.0 Å². The Morgan fingerprint density at radius 3 is 2.73 bits per heavy atom. The van der Waals surface area contributed by atoms with E-state index < -0.39 is 21.0 Å². The predicted molar refractivity (Wildman–Crippen MR) is 90.7 cm³/mol. The number of amides is 1. The molecule has 0 unspecified atom stereocenters. The normalized spacial score (nSPS) is 14.3. The van der Waals surface area contributed by atoms with Gasteiger partial charge in [0.2, 0.25) is 11.6 Å². The second-order valence-corrected chi connectivity index (χ2v) is 8.19. The molecule has 0 saturated heterocycles. The maximum absolute atomic E-state index is 12.3. The van der Waals surface area contributed by atoms with Crippen molar-refractivity contribution in [1.82, 2.24) is 10.2 Å². The van der Waals surface area contributed by atoms with E-state index in [0.717, 1.165) is 0 Å². The molecule has 0 saturated carbocycles. The molecule has 1 aromatic heterocycles. The van der Waals surface area contributed by atoms with E-state index in [1.165, 1.54) is 18.4 Å². The summed E-state index contributed by atoms with van der Waals surface area (Å²) in [4.78, 5) is 12.1. The average molecular weight is 379 g/mol. The fourth-order valence-corrected chi connectivity index (χ4v) is 3.22. The van der Waals surface area contributed by atoms with Gasteiger partial charge in [0, 0.05) is 5.56 Å². The lowest BCUT2D eigenvalue weighted by Crippen LogP contribution is -2.21. The molecule has 0 fully saturated rings. The van der Waals surface area contributed by atoms with Gasteiger partial charge in [0.1, 0.15) is 19.5 Å². The Morgan fingerprint density at radius 1 is 1.23 bits per heavy atom. The van der Waals surface area contributed by atoms with Gasteiger partial charge in [0.15, 0.2) is 9.84 Å². The van der Waals surface area contributed by atoms with Crippen LogP contribution in [-0.2, 0) is 24.1 Å². The Labute approximate surface area is 149 Å². The molecule has 0 spiro atoms. The first kappa shape index (κ1) is 17.9. The quantitative estimate of drug-likeness (QED) is 0.834. The Balaban J connectivity index is 1.80. The maximum atomic E-state index is 12.3. The number of carbonyl (C=O) groups is 1. The van der Waals surface area contributed by atoms with Crippen molar-refractivity contribution in [3.63, 3.8) is 0 Å². The number of hydrogen-bond donors (Lipinski definition) is 1. The van der Waals surface area contributed by atoms with Gasteiger partial charge in [0.25, 0.3) is 5.91 Å². The van der Waals surface area contributed by atoms with Gasteiger partial charge in [0.05, 0.1) is 10.1 Å². The second kappa shape index (κ2) is 7.16. The van der Waals surface area contributed by atoms with Crippen LogP contribution in [0.3, 0.4) is 0 Å². The van der Waals surface area contributed by atoms with Crippen molar-refractivity contribution in [3.8, 4) is 11.5 Å². The van der Waals surface area contributed by atoms with Crippen LogP contribution in [0, 0.1) is 0 Å². The molecular formula is C16H17N3O6S. The van der Waals surface area contributed by atoms with Crippen molar-refractivity contribution in [3.05, 3.63) is 36.3 Å². The van der Waals surface area contributed by atoms with E-state index in [0.29, 0.717) is 12.2 Å². The van der Waals surface area contributed by atoms with Crippen LogP contribution in [0.2, 0.25) is 0 Å². The summed E-state index contributed by atoms with van der Waals surface area (Å²) in [6, 6.07) is 6.04. The molecule has 0 atom stereocenters. The largest absolute Gasteiger partial charge is 0.494 e. The van der Waals surface area contributed by atoms with Gasteiger partial charge >= 0.3 is 6.01 Å². The average Bonchev–Trinajstić information content (AvgIpc) is 3.11. The minimum Gasteiger partial charge on any atom is -0.494 e. The summed E-state index contributed by atoms with van der Waals surface area (Å²) in [7, 11) is -3.43. The van der Waals surface area contributed by atoms with E-state index >= 15 is 0 Å². The van der Waals surface area contributed by atoms with Gasteiger partial charge in [-0.1, -0.05) is 11.2 Å². The molecule has 1 aromatic carbocycles. The van der Waals surface area contributed by atoms with Crippen molar-refractivity contribution in [2.45, 2.75) is 24.0 Å². The van der Waals surface area contributed by atoms with Crippen molar-refractivity contribution in [2.24, 2.45) is 0 Å². The van der Waals surface area contributed by atoms with Crippen LogP contribution in [0.25, 0.3) is 11.5 Å². The highest BCUT2D eigenvalue weighted by atomic mass is 32.2. The first-order valence-corrected chi connectivity index (χ1v) is 9.36. The summed E-state index contributed by atoms with van der Waals surface area (Å²) in [5, 5.41) is 9.41. The highest BCUT2D eigenvalue weighted by molar-refractivity contribution is 7.92. The van der Waals surface area contributed by atoms with Crippen molar-refractivity contribution in [2.75, 3.05) is 18.5 Å². The number of hydrogen-bond acceptors (Lipinski definition) is 8. The Hall–Kier alpha value is -2.88. The molecule has 1 amide bonds.